The van der Waals surface area contributed by atoms with E-state index in [0.717, 1.165) is 27.3 Å². The maximum atomic E-state index is 12.4. The van der Waals surface area contributed by atoms with Gasteiger partial charge in [0.05, 0.1) is 17.6 Å². The molecule has 0 aliphatic heterocycles. The van der Waals surface area contributed by atoms with Gasteiger partial charge in [0, 0.05) is 30.7 Å². The Labute approximate surface area is 158 Å². The topological polar surface area (TPSA) is 79.6 Å². The second-order valence-electron chi connectivity index (χ2n) is 6.49. The maximum Gasteiger partial charge on any atom is 0.242 e. The average Bonchev–Trinajstić information content (AvgIpc) is 3.03. The maximum absolute atomic E-state index is 12.4. The molecule has 2 aromatic carbocycles. The zero-order chi connectivity index (χ0) is 19.6. The lowest BCUT2D eigenvalue weighted by Gasteiger charge is -2.12. The van der Waals surface area contributed by atoms with Crippen molar-refractivity contribution in [2.75, 3.05) is 19.4 Å². The van der Waals surface area contributed by atoms with Crippen molar-refractivity contribution in [3.8, 4) is 0 Å². The Morgan fingerprint density at radius 2 is 1.93 bits per heavy atom. The second-order valence-corrected chi connectivity index (χ2v) is 8.64. The molecule has 27 heavy (non-hydrogen) atoms. The van der Waals surface area contributed by atoms with E-state index < -0.39 is 10.0 Å². The molecule has 0 fully saturated rings. The third-order valence-electron chi connectivity index (χ3n) is 4.38. The molecule has 3 aromatic rings. The number of nitrogens with zero attached hydrogens (tertiary/aromatic N) is 1. The lowest BCUT2D eigenvalue weighted by atomic mass is 10.1. The summed E-state index contributed by atoms with van der Waals surface area (Å²) >= 11 is 0. The van der Waals surface area contributed by atoms with Gasteiger partial charge in [-0.1, -0.05) is 25.1 Å². The molecule has 0 atom stereocenters. The first-order valence-electron chi connectivity index (χ1n) is 8.62. The van der Waals surface area contributed by atoms with Crippen LogP contribution in [0.1, 0.15) is 18.1 Å². The molecule has 142 valence electrons. The van der Waals surface area contributed by atoms with E-state index in [1.165, 1.54) is 31.8 Å². The van der Waals surface area contributed by atoms with Gasteiger partial charge >= 0.3 is 0 Å². The summed E-state index contributed by atoms with van der Waals surface area (Å²) in [5.41, 5.74) is 3.16. The van der Waals surface area contributed by atoms with E-state index in [9.17, 15) is 13.2 Å². The van der Waals surface area contributed by atoms with E-state index >= 15 is 0 Å². The number of carbonyl (C=O) groups is 1. The lowest BCUT2D eigenvalue weighted by molar-refractivity contribution is -0.115. The Morgan fingerprint density at radius 3 is 2.63 bits per heavy atom. The number of amides is 1. The van der Waals surface area contributed by atoms with Crippen LogP contribution in [0.4, 0.5) is 5.69 Å². The highest BCUT2D eigenvalue weighted by Gasteiger charge is 2.18. The molecule has 0 bridgehead atoms. The standard InChI is InChI=1S/C20H22N2O4S/c1-4-14-8-9-18-15(13-26-19(18)10-14)11-20(23)21-16-6-5-7-17(12-16)27(24,25)22(2)3/h5-10,12-13H,4,11H2,1-3H3,(H,21,23). The summed E-state index contributed by atoms with van der Waals surface area (Å²) in [6.45, 7) is 2.07. The van der Waals surface area contributed by atoms with Crippen LogP contribution < -0.4 is 5.32 Å². The number of aryl methyl sites for hydroxylation is 1. The monoisotopic (exact) mass is 386 g/mol. The SMILES string of the molecule is CCc1ccc2c(CC(=O)Nc3cccc(S(=O)(=O)N(C)C)c3)coc2c1. The first-order valence-corrected chi connectivity index (χ1v) is 10.1. The summed E-state index contributed by atoms with van der Waals surface area (Å²) in [5, 5.41) is 3.66. The van der Waals surface area contributed by atoms with Crippen LogP contribution in [0.5, 0.6) is 0 Å². The Balaban J connectivity index is 1.77. The Kier molecular flexibility index (Phi) is 5.34. The van der Waals surface area contributed by atoms with Gasteiger partial charge in [-0.3, -0.25) is 4.79 Å². The molecule has 0 aliphatic carbocycles. The largest absolute Gasteiger partial charge is 0.464 e. The molecular weight excluding hydrogens is 364 g/mol. The third-order valence-corrected chi connectivity index (χ3v) is 6.19. The van der Waals surface area contributed by atoms with Crippen LogP contribution in [-0.2, 0) is 27.7 Å². The first-order chi connectivity index (χ1) is 12.8. The molecule has 0 unspecified atom stereocenters. The number of fused-ring (bicyclic) bond motifs is 1. The molecule has 1 N–H and O–H groups in total. The summed E-state index contributed by atoms with van der Waals surface area (Å²) in [4.78, 5) is 12.6. The van der Waals surface area contributed by atoms with Gasteiger partial charge in [0.1, 0.15) is 5.58 Å². The summed E-state index contributed by atoms with van der Waals surface area (Å²) in [7, 11) is -0.620. The van der Waals surface area contributed by atoms with Crippen molar-refractivity contribution in [1.82, 2.24) is 4.31 Å². The summed E-state index contributed by atoms with van der Waals surface area (Å²) in [6, 6.07) is 12.2. The average molecular weight is 386 g/mol. The fraction of sp³-hybridized carbons (Fsp3) is 0.250. The Bertz CT molecular complexity index is 1080. The third kappa shape index (κ3) is 4.04. The molecule has 1 heterocycles. The molecule has 0 saturated carbocycles. The number of benzene rings is 2. The van der Waals surface area contributed by atoms with E-state index in [2.05, 4.69) is 12.2 Å². The molecule has 3 rings (SSSR count). The van der Waals surface area contributed by atoms with Crippen LogP contribution in [0.3, 0.4) is 0 Å². The van der Waals surface area contributed by atoms with Gasteiger partial charge in [0.25, 0.3) is 0 Å². The molecule has 0 saturated heterocycles. The van der Waals surface area contributed by atoms with Crippen molar-refractivity contribution in [2.45, 2.75) is 24.7 Å². The Hall–Kier alpha value is -2.64. The minimum Gasteiger partial charge on any atom is -0.464 e. The second kappa shape index (κ2) is 7.54. The van der Waals surface area contributed by atoms with Crippen LogP contribution in [0.2, 0.25) is 0 Å². The van der Waals surface area contributed by atoms with Crippen molar-refractivity contribution < 1.29 is 17.6 Å². The molecule has 1 aromatic heterocycles. The number of hydrogen-bond acceptors (Lipinski definition) is 4. The predicted octanol–water partition coefficient (Wildman–Crippen LogP) is 3.43. The molecule has 0 aliphatic rings. The fourth-order valence-corrected chi connectivity index (χ4v) is 3.76. The van der Waals surface area contributed by atoms with Gasteiger partial charge in [0.15, 0.2) is 0 Å². The van der Waals surface area contributed by atoms with Gasteiger partial charge in [0.2, 0.25) is 15.9 Å². The van der Waals surface area contributed by atoms with Crippen LogP contribution in [0.15, 0.2) is 58.0 Å². The van der Waals surface area contributed by atoms with Gasteiger partial charge in [-0.15, -0.1) is 0 Å². The van der Waals surface area contributed by atoms with Crippen molar-refractivity contribution in [2.24, 2.45) is 0 Å². The Morgan fingerprint density at radius 1 is 1.15 bits per heavy atom. The van der Waals surface area contributed by atoms with Crippen molar-refractivity contribution >= 4 is 32.6 Å². The normalized spacial score (nSPS) is 11.9. The summed E-state index contributed by atoms with van der Waals surface area (Å²) in [5.74, 6) is -0.239. The predicted molar refractivity (Wildman–Crippen MR) is 105 cm³/mol. The summed E-state index contributed by atoms with van der Waals surface area (Å²) < 4.78 is 31.2. The van der Waals surface area contributed by atoms with E-state index in [0.29, 0.717) is 5.69 Å². The molecule has 0 radical (unpaired) electrons. The van der Waals surface area contributed by atoms with Crippen molar-refractivity contribution in [3.63, 3.8) is 0 Å². The zero-order valence-corrected chi connectivity index (χ0v) is 16.3. The van der Waals surface area contributed by atoms with E-state index in [-0.39, 0.29) is 17.2 Å². The lowest BCUT2D eigenvalue weighted by Crippen LogP contribution is -2.22. The van der Waals surface area contributed by atoms with Crippen molar-refractivity contribution in [3.05, 3.63) is 59.9 Å². The van der Waals surface area contributed by atoms with Crippen LogP contribution in [-0.4, -0.2) is 32.7 Å². The van der Waals surface area contributed by atoms with Crippen LogP contribution in [0, 0.1) is 0 Å². The number of sulfonamides is 1. The van der Waals surface area contributed by atoms with E-state index in [1.807, 2.05) is 18.2 Å². The van der Waals surface area contributed by atoms with Crippen LogP contribution >= 0.6 is 0 Å². The highest BCUT2D eigenvalue weighted by Crippen LogP contribution is 2.24. The zero-order valence-electron chi connectivity index (χ0n) is 15.5. The molecule has 7 heteroatoms. The van der Waals surface area contributed by atoms with Gasteiger partial charge in [-0.2, -0.15) is 0 Å². The van der Waals surface area contributed by atoms with Crippen LogP contribution in [0.25, 0.3) is 11.0 Å². The number of anilines is 1. The fourth-order valence-electron chi connectivity index (χ4n) is 2.81. The van der Waals surface area contributed by atoms with Gasteiger partial charge in [-0.25, -0.2) is 12.7 Å². The number of hydrogen-bond donors (Lipinski definition) is 1. The smallest absolute Gasteiger partial charge is 0.242 e. The number of furan rings is 1. The van der Waals surface area contributed by atoms with Gasteiger partial charge in [-0.05, 0) is 36.2 Å². The number of carbonyl (C=O) groups excluding carboxylic acids is 1. The number of rotatable bonds is 6. The van der Waals surface area contributed by atoms with E-state index in [4.69, 9.17) is 4.42 Å². The first kappa shape index (κ1) is 19.1. The molecular formula is C20H22N2O4S. The molecule has 0 spiro atoms. The van der Waals surface area contributed by atoms with E-state index in [1.54, 1.807) is 18.4 Å². The minimum atomic E-state index is -3.55. The summed E-state index contributed by atoms with van der Waals surface area (Å²) in [6.07, 6.45) is 2.65. The minimum absolute atomic E-state index is 0.131. The van der Waals surface area contributed by atoms with Crippen molar-refractivity contribution in [1.29, 1.82) is 0 Å². The quantitative estimate of drug-likeness (QED) is 0.704. The molecule has 6 nitrogen and oxygen atoms in total. The highest BCUT2D eigenvalue weighted by molar-refractivity contribution is 7.89. The number of nitrogens with one attached hydrogen (secondary N) is 1. The van der Waals surface area contributed by atoms with Gasteiger partial charge < -0.3 is 9.73 Å². The molecule has 1 amide bonds. The highest BCUT2D eigenvalue weighted by atomic mass is 32.2.